The Hall–Kier alpha value is -8.07. The molecule has 4 heterocycles. The molecule has 0 atom stereocenters. The Morgan fingerprint density at radius 1 is 0.672 bits per heavy atom. The molecular formula is C40H35F3N8O14S2. The number of hydrogen-bond acceptors (Lipinski definition) is 18. The van der Waals surface area contributed by atoms with Crippen LogP contribution >= 0.6 is 23.5 Å². The van der Waals surface area contributed by atoms with Crippen LogP contribution in [-0.2, 0) is 33.2 Å². The van der Waals surface area contributed by atoms with Crippen LogP contribution in [0.2, 0.25) is 0 Å². The first-order chi connectivity index (χ1) is 31.6. The van der Waals surface area contributed by atoms with Gasteiger partial charge in [-0.05, 0) is 38.1 Å². The van der Waals surface area contributed by atoms with E-state index in [9.17, 15) is 67.3 Å². The van der Waals surface area contributed by atoms with Crippen molar-refractivity contribution in [3.05, 3.63) is 164 Å². The van der Waals surface area contributed by atoms with Gasteiger partial charge in [-0.2, -0.15) is 4.39 Å². The lowest BCUT2D eigenvalue weighted by molar-refractivity contribution is -0.387. The minimum atomic E-state index is -1.34. The van der Waals surface area contributed by atoms with Gasteiger partial charge in [0.25, 0.3) is 11.1 Å². The third kappa shape index (κ3) is 12.6. The lowest BCUT2D eigenvalue weighted by Gasteiger charge is -2.13. The van der Waals surface area contributed by atoms with Gasteiger partial charge in [0, 0.05) is 62.1 Å². The number of aromatic nitrogens is 6. The first-order valence-corrected chi connectivity index (χ1v) is 20.5. The molecule has 0 spiro atoms. The number of aryl methyl sites for hydroxylation is 2. The Morgan fingerprint density at radius 2 is 1.12 bits per heavy atom. The zero-order valence-electron chi connectivity index (χ0n) is 35.6. The predicted octanol–water partition coefficient (Wildman–Crippen LogP) is 4.43. The van der Waals surface area contributed by atoms with E-state index in [1.54, 1.807) is 12.3 Å². The predicted molar refractivity (Wildman–Crippen MR) is 233 cm³/mol. The second-order valence-corrected chi connectivity index (χ2v) is 15.0. The minimum absolute atomic E-state index is 0.0382. The molecule has 22 nitrogen and oxygen atoms in total. The van der Waals surface area contributed by atoms with Crippen molar-refractivity contribution in [2.75, 3.05) is 25.7 Å². The zero-order chi connectivity index (χ0) is 49.9. The number of halogens is 3. The van der Waals surface area contributed by atoms with Gasteiger partial charge in [-0.15, -0.1) is 0 Å². The lowest BCUT2D eigenvalue weighted by atomic mass is 10.2. The molecule has 0 aliphatic rings. The van der Waals surface area contributed by atoms with Crippen LogP contribution in [0.15, 0.2) is 102 Å². The largest absolute Gasteiger partial charge is 0.505 e. The number of esters is 2. The molecule has 0 fully saturated rings. The highest BCUT2D eigenvalue weighted by Gasteiger charge is 2.25. The van der Waals surface area contributed by atoms with E-state index in [2.05, 4.69) is 19.4 Å². The van der Waals surface area contributed by atoms with Gasteiger partial charge in [0.05, 0.1) is 59.1 Å². The third-order valence-electron chi connectivity index (χ3n) is 8.86. The van der Waals surface area contributed by atoms with Gasteiger partial charge in [-0.3, -0.25) is 39.4 Å². The number of nitrogens with zero attached hydrogens (tertiary/aromatic N) is 8. The molecule has 0 bridgehead atoms. The van der Waals surface area contributed by atoms with Gasteiger partial charge in [-0.25, -0.2) is 37.5 Å². The summed E-state index contributed by atoms with van der Waals surface area (Å²) in [6.45, 7) is 3.03. The summed E-state index contributed by atoms with van der Waals surface area (Å²) >= 11 is 2.11. The fraction of sp³-hybridized carbons (Fsp3) is 0.200. The Balaban J connectivity index is 0.000000245. The second-order valence-electron chi connectivity index (χ2n) is 13.1. The second kappa shape index (κ2) is 22.7. The molecule has 352 valence electrons. The topological polar surface area (TPSA) is 282 Å². The van der Waals surface area contributed by atoms with E-state index in [1.165, 1.54) is 66.6 Å². The van der Waals surface area contributed by atoms with Crippen molar-refractivity contribution in [2.24, 2.45) is 14.1 Å². The molecule has 6 aromatic rings. The van der Waals surface area contributed by atoms with Crippen molar-refractivity contribution in [3.8, 4) is 28.6 Å². The summed E-state index contributed by atoms with van der Waals surface area (Å²) in [5.41, 5.74) is -5.71. The van der Waals surface area contributed by atoms with Crippen LogP contribution in [0.3, 0.4) is 0 Å². The normalized spacial score (nSPS) is 10.5. The average molecular weight is 973 g/mol. The summed E-state index contributed by atoms with van der Waals surface area (Å²) < 4.78 is 60.1. The van der Waals surface area contributed by atoms with Gasteiger partial charge >= 0.3 is 34.7 Å². The molecule has 0 amide bonds. The Morgan fingerprint density at radius 3 is 1.60 bits per heavy atom. The number of thioether (sulfide) groups is 2. The van der Waals surface area contributed by atoms with Gasteiger partial charge < -0.3 is 28.5 Å². The van der Waals surface area contributed by atoms with Crippen molar-refractivity contribution in [3.63, 3.8) is 0 Å². The number of carbonyl (C=O) groups is 2. The highest BCUT2D eigenvalue weighted by molar-refractivity contribution is 8.00. The van der Waals surface area contributed by atoms with Crippen molar-refractivity contribution < 1.29 is 51.9 Å². The smallest absolute Gasteiger partial charge is 0.335 e. The van der Waals surface area contributed by atoms with Crippen LogP contribution in [0, 0.1) is 51.5 Å². The van der Waals surface area contributed by atoms with E-state index < -0.39 is 84.3 Å². The highest BCUT2D eigenvalue weighted by atomic mass is 32.2. The van der Waals surface area contributed by atoms with E-state index in [-0.39, 0.29) is 34.0 Å². The van der Waals surface area contributed by atoms with Crippen LogP contribution in [0.1, 0.15) is 11.4 Å². The van der Waals surface area contributed by atoms with Gasteiger partial charge in [0.15, 0.2) is 17.4 Å². The van der Waals surface area contributed by atoms with Crippen molar-refractivity contribution >= 4 is 46.8 Å². The first kappa shape index (κ1) is 51.6. The van der Waals surface area contributed by atoms with Gasteiger partial charge in [0.2, 0.25) is 11.6 Å². The number of nitro groups is 2. The Kier molecular flexibility index (Phi) is 17.5. The molecule has 0 saturated heterocycles. The highest BCUT2D eigenvalue weighted by Crippen LogP contribution is 2.38. The van der Waals surface area contributed by atoms with Crippen LogP contribution < -0.4 is 27.2 Å². The van der Waals surface area contributed by atoms with Crippen LogP contribution in [-0.4, -0.2) is 80.9 Å². The number of hydrogen-bond donors (Lipinski definition) is 1. The monoisotopic (exact) mass is 972 g/mol. The first-order valence-electron chi connectivity index (χ1n) is 18.5. The van der Waals surface area contributed by atoms with E-state index in [4.69, 9.17) is 4.74 Å². The fourth-order valence-electron chi connectivity index (χ4n) is 5.23. The third-order valence-corrected chi connectivity index (χ3v) is 10.8. The van der Waals surface area contributed by atoms with E-state index in [0.29, 0.717) is 43.7 Å². The molecule has 4 aromatic heterocycles. The maximum absolute atomic E-state index is 14.8. The molecule has 0 aliphatic carbocycles. The van der Waals surface area contributed by atoms with Gasteiger partial charge in [0.1, 0.15) is 15.8 Å². The van der Waals surface area contributed by atoms with Crippen molar-refractivity contribution in [1.29, 1.82) is 0 Å². The maximum atomic E-state index is 14.8. The van der Waals surface area contributed by atoms with Crippen molar-refractivity contribution in [1.82, 2.24) is 28.2 Å². The molecule has 6 rings (SSSR count). The lowest BCUT2D eigenvalue weighted by Crippen LogP contribution is -2.38. The molecule has 67 heavy (non-hydrogen) atoms. The SMILES string of the molecule is COC(=O)CSc1ncccc1O.COC(=O)CSc1ncccc1Oc1cc(-n2c(=O)cc(C)n(C)c2=O)c(F)cc1[N+](=O)[O-].Cc1cc(=O)n(-c2cc(F)c([N+](=O)[O-])cc2F)c(=O)n1C. The van der Waals surface area contributed by atoms with Crippen LogP contribution in [0.25, 0.3) is 11.4 Å². The summed E-state index contributed by atoms with van der Waals surface area (Å²) in [6, 6.07) is 10.5. The minimum Gasteiger partial charge on any atom is -0.505 e. The summed E-state index contributed by atoms with van der Waals surface area (Å²) in [7, 11) is 5.29. The number of ether oxygens (including phenoxy) is 3. The summed E-state index contributed by atoms with van der Waals surface area (Å²) in [6.07, 6.45) is 2.98. The fourth-order valence-corrected chi connectivity index (χ4v) is 6.71. The number of pyridine rings is 2. The number of nitro benzene ring substituents is 2. The number of benzene rings is 2. The number of aromatic hydroxyl groups is 1. The number of rotatable bonds is 12. The molecule has 1 N–H and O–H groups in total. The summed E-state index contributed by atoms with van der Waals surface area (Å²) in [4.78, 5) is 99.1. The Labute approximate surface area is 382 Å². The molecule has 0 saturated carbocycles. The quantitative estimate of drug-likeness (QED) is 0.0768. The summed E-state index contributed by atoms with van der Waals surface area (Å²) in [5, 5.41) is 32.0. The average Bonchev–Trinajstić information content (AvgIpc) is 3.28. The molecule has 0 radical (unpaired) electrons. The van der Waals surface area contributed by atoms with Crippen molar-refractivity contribution in [2.45, 2.75) is 23.9 Å². The van der Waals surface area contributed by atoms with E-state index in [1.807, 2.05) is 0 Å². The Bertz CT molecular complexity index is 3140. The standard InChI is InChI=1S/C20H17FN4O7S.C12H9F2N3O4.C8H9NO3S/c1-11-7-17(26)24(20(28)23(11)2)13-9-16(14(25(29)30)8-12(13)21)32-15-5-4-6-22-19(15)33-10-18(27)31-3;1-6-3-11(18)16(12(19)15(6)2)9-4-8(14)10(17(20)21)5-7(9)13;1-12-7(11)5-13-8-6(10)3-2-4-9-8/h4-9H,10H2,1-3H3;3-5H,1-2H3;2-4,10H,5H2,1H3. The van der Waals surface area contributed by atoms with Crippen LogP contribution in [0.4, 0.5) is 24.5 Å². The molecule has 0 aliphatic heterocycles. The van der Waals surface area contributed by atoms with Crippen LogP contribution in [0.5, 0.6) is 17.2 Å². The molecule has 27 heteroatoms. The van der Waals surface area contributed by atoms with E-state index in [0.717, 1.165) is 50.9 Å². The van der Waals surface area contributed by atoms with Gasteiger partial charge in [-0.1, -0.05) is 23.5 Å². The number of methoxy groups -OCH3 is 2. The molecular weight excluding hydrogens is 938 g/mol. The maximum Gasteiger partial charge on any atom is 0.335 e. The zero-order valence-corrected chi connectivity index (χ0v) is 37.3. The van der Waals surface area contributed by atoms with E-state index >= 15 is 0 Å². The molecule has 2 aromatic carbocycles. The number of carbonyl (C=O) groups excluding carboxylic acids is 2. The summed E-state index contributed by atoms with van der Waals surface area (Å²) in [5.74, 6) is -4.88. The molecule has 0 unspecified atom stereocenters.